The number of benzene rings is 2. The first-order valence-corrected chi connectivity index (χ1v) is 9.56. The molecule has 0 spiro atoms. The van der Waals surface area contributed by atoms with Gasteiger partial charge in [-0.3, -0.25) is 9.59 Å². The van der Waals surface area contributed by atoms with Crippen LogP contribution in [0.25, 0.3) is 0 Å². The molecule has 0 saturated carbocycles. The van der Waals surface area contributed by atoms with Crippen molar-refractivity contribution in [2.24, 2.45) is 5.92 Å². The molecular weight excluding hydrogens is 375 g/mol. The standard InChI is InChI=1S/C22H23FN2O4/c23-18-10-8-16(9-11-18)21(27)25-12-4-7-17(14-25)20(26)24-19(22(28)29)13-15-5-2-1-3-6-15/h1-3,5-6,8-11,17,19H,4,7,12-14H2,(H,24,26)(H,28,29)/t17?,19-/m1/s1. The number of carboxylic acids is 1. The van der Waals surface area contributed by atoms with Crippen molar-refractivity contribution in [3.8, 4) is 0 Å². The first kappa shape index (κ1) is 20.5. The molecule has 0 aromatic heterocycles. The number of carbonyl (C=O) groups is 3. The van der Waals surface area contributed by atoms with Crippen molar-refractivity contribution < 1.29 is 23.9 Å². The van der Waals surface area contributed by atoms with Crippen molar-refractivity contribution in [3.63, 3.8) is 0 Å². The predicted octanol–water partition coefficient (Wildman–Crippen LogP) is 2.49. The van der Waals surface area contributed by atoms with Crippen LogP contribution in [0, 0.1) is 11.7 Å². The number of likely N-dealkylation sites (tertiary alicyclic amines) is 1. The van der Waals surface area contributed by atoms with E-state index in [2.05, 4.69) is 5.32 Å². The van der Waals surface area contributed by atoms with E-state index >= 15 is 0 Å². The Kier molecular flexibility index (Phi) is 6.59. The summed E-state index contributed by atoms with van der Waals surface area (Å²) in [4.78, 5) is 38.5. The summed E-state index contributed by atoms with van der Waals surface area (Å²) in [6.45, 7) is 0.714. The number of nitrogens with zero attached hydrogens (tertiary/aromatic N) is 1. The average molecular weight is 398 g/mol. The van der Waals surface area contributed by atoms with E-state index in [4.69, 9.17) is 0 Å². The van der Waals surface area contributed by atoms with Gasteiger partial charge in [-0.05, 0) is 42.7 Å². The van der Waals surface area contributed by atoms with Crippen molar-refractivity contribution in [3.05, 3.63) is 71.5 Å². The van der Waals surface area contributed by atoms with Crippen molar-refractivity contribution in [2.75, 3.05) is 13.1 Å². The smallest absolute Gasteiger partial charge is 0.326 e. The maximum atomic E-state index is 13.1. The highest BCUT2D eigenvalue weighted by molar-refractivity contribution is 5.95. The fraction of sp³-hybridized carbons (Fsp3) is 0.318. The van der Waals surface area contributed by atoms with E-state index in [0.717, 1.165) is 5.56 Å². The van der Waals surface area contributed by atoms with E-state index < -0.39 is 23.7 Å². The number of nitrogens with one attached hydrogen (secondary N) is 1. The van der Waals surface area contributed by atoms with Crippen LogP contribution in [-0.4, -0.2) is 46.9 Å². The van der Waals surface area contributed by atoms with Gasteiger partial charge in [0.15, 0.2) is 0 Å². The van der Waals surface area contributed by atoms with Gasteiger partial charge < -0.3 is 15.3 Å². The quantitative estimate of drug-likeness (QED) is 0.783. The zero-order valence-electron chi connectivity index (χ0n) is 15.9. The molecule has 1 saturated heterocycles. The lowest BCUT2D eigenvalue weighted by Crippen LogP contribution is -2.50. The summed E-state index contributed by atoms with van der Waals surface area (Å²) >= 11 is 0. The van der Waals surface area contributed by atoms with E-state index in [1.807, 2.05) is 30.3 Å². The summed E-state index contributed by atoms with van der Waals surface area (Å²) in [7, 11) is 0. The molecule has 2 amide bonds. The van der Waals surface area contributed by atoms with Crippen LogP contribution < -0.4 is 5.32 Å². The summed E-state index contributed by atoms with van der Waals surface area (Å²) in [5, 5.41) is 12.1. The van der Waals surface area contributed by atoms with E-state index in [1.165, 1.54) is 24.3 Å². The molecule has 7 heteroatoms. The number of carboxylic acid groups (broad SMARTS) is 1. The third-order valence-electron chi connectivity index (χ3n) is 5.07. The van der Waals surface area contributed by atoms with Gasteiger partial charge in [0.25, 0.3) is 5.91 Å². The molecule has 1 heterocycles. The van der Waals surface area contributed by atoms with Crippen LogP contribution in [0.3, 0.4) is 0 Å². The highest BCUT2D eigenvalue weighted by Gasteiger charge is 2.31. The number of piperidine rings is 1. The number of halogens is 1. The van der Waals surface area contributed by atoms with Gasteiger partial charge in [-0.1, -0.05) is 30.3 Å². The molecule has 1 unspecified atom stereocenters. The molecule has 29 heavy (non-hydrogen) atoms. The highest BCUT2D eigenvalue weighted by atomic mass is 19.1. The van der Waals surface area contributed by atoms with Crippen molar-refractivity contribution in [1.82, 2.24) is 10.2 Å². The Morgan fingerprint density at radius 3 is 2.45 bits per heavy atom. The van der Waals surface area contributed by atoms with E-state index in [0.29, 0.717) is 24.9 Å². The second-order valence-electron chi connectivity index (χ2n) is 7.19. The van der Waals surface area contributed by atoms with Gasteiger partial charge in [0.1, 0.15) is 11.9 Å². The Morgan fingerprint density at radius 2 is 1.79 bits per heavy atom. The third kappa shape index (κ3) is 5.40. The molecule has 2 N–H and O–H groups in total. The SMILES string of the molecule is O=C(N[C@H](Cc1ccccc1)C(=O)O)C1CCCN(C(=O)c2ccc(F)cc2)C1. The average Bonchev–Trinajstić information content (AvgIpc) is 2.74. The molecule has 1 aliphatic rings. The minimum absolute atomic E-state index is 0.187. The van der Waals surface area contributed by atoms with Gasteiger partial charge >= 0.3 is 5.97 Å². The molecule has 2 atom stereocenters. The molecule has 1 fully saturated rings. The molecule has 2 aromatic carbocycles. The normalized spacial score (nSPS) is 17.4. The first-order valence-electron chi connectivity index (χ1n) is 9.56. The minimum Gasteiger partial charge on any atom is -0.480 e. The van der Waals surface area contributed by atoms with Crippen LogP contribution in [0.5, 0.6) is 0 Å². The lowest BCUT2D eigenvalue weighted by molar-refractivity contribution is -0.142. The van der Waals surface area contributed by atoms with Crippen LogP contribution in [0.15, 0.2) is 54.6 Å². The molecule has 0 radical (unpaired) electrons. The molecule has 152 valence electrons. The number of aliphatic carboxylic acids is 1. The second-order valence-corrected chi connectivity index (χ2v) is 7.19. The Balaban J connectivity index is 1.62. The third-order valence-corrected chi connectivity index (χ3v) is 5.07. The molecule has 0 aliphatic carbocycles. The summed E-state index contributed by atoms with van der Waals surface area (Å²) < 4.78 is 13.1. The Morgan fingerprint density at radius 1 is 1.10 bits per heavy atom. The number of hydrogen-bond donors (Lipinski definition) is 2. The summed E-state index contributed by atoms with van der Waals surface area (Å²) in [5.41, 5.74) is 1.18. The number of rotatable bonds is 6. The van der Waals surface area contributed by atoms with Crippen LogP contribution in [0.4, 0.5) is 4.39 Å². The number of hydrogen-bond acceptors (Lipinski definition) is 3. The molecule has 2 aromatic rings. The van der Waals surface area contributed by atoms with E-state index in [-0.39, 0.29) is 24.8 Å². The summed E-state index contributed by atoms with van der Waals surface area (Å²) in [6, 6.07) is 13.3. The minimum atomic E-state index is -1.10. The predicted molar refractivity (Wildman–Crippen MR) is 105 cm³/mol. The number of carbonyl (C=O) groups excluding carboxylic acids is 2. The highest BCUT2D eigenvalue weighted by Crippen LogP contribution is 2.19. The molecule has 6 nitrogen and oxygen atoms in total. The van der Waals surface area contributed by atoms with E-state index in [1.54, 1.807) is 4.90 Å². The van der Waals surface area contributed by atoms with Crippen molar-refractivity contribution >= 4 is 17.8 Å². The fourth-order valence-corrected chi connectivity index (χ4v) is 3.49. The van der Waals surface area contributed by atoms with Gasteiger partial charge in [-0.2, -0.15) is 0 Å². The molecule has 0 bridgehead atoms. The van der Waals surface area contributed by atoms with E-state index in [9.17, 15) is 23.9 Å². The fourth-order valence-electron chi connectivity index (χ4n) is 3.49. The largest absolute Gasteiger partial charge is 0.480 e. The number of amides is 2. The molecule has 1 aliphatic heterocycles. The molecular formula is C22H23FN2O4. The zero-order valence-corrected chi connectivity index (χ0v) is 15.9. The summed E-state index contributed by atoms with van der Waals surface area (Å²) in [6.07, 6.45) is 1.41. The van der Waals surface area contributed by atoms with Gasteiger partial charge in [0.05, 0.1) is 5.92 Å². The summed E-state index contributed by atoms with van der Waals surface area (Å²) in [5.74, 6) is -2.63. The Hall–Kier alpha value is -3.22. The van der Waals surface area contributed by atoms with Crippen LogP contribution in [0.2, 0.25) is 0 Å². The molecule has 3 rings (SSSR count). The maximum absolute atomic E-state index is 13.1. The maximum Gasteiger partial charge on any atom is 0.326 e. The van der Waals surface area contributed by atoms with Gasteiger partial charge in [-0.15, -0.1) is 0 Å². The van der Waals surface area contributed by atoms with Gasteiger partial charge in [0.2, 0.25) is 5.91 Å². The first-order chi connectivity index (χ1) is 13.9. The van der Waals surface area contributed by atoms with Crippen LogP contribution in [0.1, 0.15) is 28.8 Å². The second kappa shape index (κ2) is 9.32. The zero-order chi connectivity index (χ0) is 20.8. The monoisotopic (exact) mass is 398 g/mol. The Labute approximate surface area is 168 Å². The Bertz CT molecular complexity index is 870. The lowest BCUT2D eigenvalue weighted by Gasteiger charge is -2.32. The lowest BCUT2D eigenvalue weighted by atomic mass is 9.95. The van der Waals surface area contributed by atoms with Crippen LogP contribution in [-0.2, 0) is 16.0 Å². The topological polar surface area (TPSA) is 86.7 Å². The van der Waals surface area contributed by atoms with Crippen molar-refractivity contribution in [2.45, 2.75) is 25.3 Å². The van der Waals surface area contributed by atoms with Crippen molar-refractivity contribution in [1.29, 1.82) is 0 Å². The van der Waals surface area contributed by atoms with Gasteiger partial charge in [0, 0.05) is 25.1 Å². The van der Waals surface area contributed by atoms with Gasteiger partial charge in [-0.25, -0.2) is 9.18 Å². The van der Waals surface area contributed by atoms with Crippen LogP contribution >= 0.6 is 0 Å².